The molecule has 0 rings (SSSR count). The van der Waals surface area contributed by atoms with E-state index in [1.165, 1.54) is 0 Å². The lowest BCUT2D eigenvalue weighted by Crippen LogP contribution is -2.24. The number of carbonyl (C=O) groups excluding carboxylic acids is 1. The average molecular weight is 317 g/mol. The Morgan fingerprint density at radius 2 is 1.30 bits per heavy atom. The molecule has 0 unspecified atom stereocenters. The summed E-state index contributed by atoms with van der Waals surface area (Å²) in [4.78, 5) is 11.3. The van der Waals surface area contributed by atoms with Gasteiger partial charge in [-0.1, -0.05) is 0 Å². The van der Waals surface area contributed by atoms with Gasteiger partial charge in [0.1, 0.15) is 5.78 Å². The van der Waals surface area contributed by atoms with Crippen LogP contribution in [0.4, 0.5) is 0 Å². The van der Waals surface area contributed by atoms with E-state index in [9.17, 15) is 4.79 Å². The molecule has 0 heterocycles. The van der Waals surface area contributed by atoms with Crippen molar-refractivity contribution in [3.63, 3.8) is 0 Å². The maximum Gasteiger partial charge on any atom is 0.278 e. The number of rotatable bonds is 8. The Kier molecular flexibility index (Phi) is 7.36. The van der Waals surface area contributed by atoms with Gasteiger partial charge in [0.25, 0.3) is 16.6 Å². The number of hydrogen-bond acceptors (Lipinski definition) is 5. The molecule has 0 aromatic heterocycles. The molecule has 0 bridgehead atoms. The summed E-state index contributed by atoms with van der Waals surface area (Å²) in [6, 6.07) is 0. The van der Waals surface area contributed by atoms with Crippen molar-refractivity contribution in [2.45, 2.75) is 66.0 Å². The Hall–Kier alpha value is -0.956. The van der Waals surface area contributed by atoms with Gasteiger partial charge < -0.3 is 9.05 Å². The third kappa shape index (κ3) is 12.1. The summed E-state index contributed by atoms with van der Waals surface area (Å²) in [7, 11) is -3.40. The molecule has 0 saturated carbocycles. The van der Waals surface area contributed by atoms with Gasteiger partial charge >= 0.3 is 0 Å². The van der Waals surface area contributed by atoms with Crippen LogP contribution in [0.15, 0.2) is 10.3 Å². The van der Waals surface area contributed by atoms with E-state index in [0.717, 1.165) is 5.71 Å². The van der Waals surface area contributed by atoms with Crippen molar-refractivity contribution in [3.05, 3.63) is 0 Å². The van der Waals surface area contributed by atoms with Gasteiger partial charge in [-0.15, -0.1) is 10.3 Å². The van der Waals surface area contributed by atoms with E-state index in [-0.39, 0.29) is 5.78 Å². The lowest BCUT2D eigenvalue weighted by Gasteiger charge is -2.16. The van der Waals surface area contributed by atoms with Crippen LogP contribution in [-0.2, 0) is 13.8 Å². The van der Waals surface area contributed by atoms with Gasteiger partial charge in [-0.25, -0.2) is 0 Å². The lowest BCUT2D eigenvalue weighted by molar-refractivity contribution is -0.115. The molecule has 7 heteroatoms. The van der Waals surface area contributed by atoms with E-state index in [4.69, 9.17) is 9.05 Å². The molecule has 0 aromatic rings. The van der Waals surface area contributed by atoms with Crippen molar-refractivity contribution in [2.24, 2.45) is 10.3 Å². The Morgan fingerprint density at radius 1 is 0.850 bits per heavy atom. The van der Waals surface area contributed by atoms with Crippen LogP contribution in [0.1, 0.15) is 26.7 Å². The van der Waals surface area contributed by atoms with Gasteiger partial charge in [0.15, 0.2) is 0 Å². The van der Waals surface area contributed by atoms with Crippen molar-refractivity contribution in [1.29, 1.82) is 0 Å². The zero-order valence-electron chi connectivity index (χ0n) is 14.0. The largest absolute Gasteiger partial charge is 0.456 e. The Morgan fingerprint density at radius 3 is 1.70 bits per heavy atom. The average Bonchev–Trinajstić information content (AvgIpc) is 2.20. The van der Waals surface area contributed by atoms with Crippen LogP contribution in [0.2, 0.25) is 39.3 Å². The zero-order chi connectivity index (χ0) is 16.0. The van der Waals surface area contributed by atoms with Crippen LogP contribution in [0.25, 0.3) is 0 Å². The molecular weight excluding hydrogens is 288 g/mol. The molecule has 116 valence electrons. The minimum atomic E-state index is -1.73. The molecule has 0 N–H and O–H groups in total. The smallest absolute Gasteiger partial charge is 0.278 e. The summed E-state index contributed by atoms with van der Waals surface area (Å²) in [5.41, 5.74) is 1.52. The number of oxime groups is 2. The molecule has 0 saturated heterocycles. The number of ketones is 1. The summed E-state index contributed by atoms with van der Waals surface area (Å²) >= 11 is 0. The summed E-state index contributed by atoms with van der Waals surface area (Å²) < 4.78 is 11.0. The standard InChI is InChI=1S/C13H28N2O3Si2/c1-11(14-17-19(3,4)5)9-13(10-12(2)16)15-18-20(6,7)8/h9-10H2,1-8H3. The summed E-state index contributed by atoms with van der Waals surface area (Å²) in [6.07, 6.45) is 0.804. The molecule has 0 amide bonds. The number of carbonyl (C=O) groups is 1. The van der Waals surface area contributed by atoms with Gasteiger partial charge in [-0.3, -0.25) is 4.79 Å². The summed E-state index contributed by atoms with van der Waals surface area (Å²) in [5.74, 6) is 0.0711. The van der Waals surface area contributed by atoms with Gasteiger partial charge in [0, 0.05) is 12.8 Å². The van der Waals surface area contributed by atoms with E-state index >= 15 is 0 Å². The predicted molar refractivity (Wildman–Crippen MR) is 89.3 cm³/mol. The highest BCUT2D eigenvalue weighted by molar-refractivity contribution is 6.70. The maximum atomic E-state index is 11.3. The van der Waals surface area contributed by atoms with E-state index < -0.39 is 16.6 Å². The van der Waals surface area contributed by atoms with Gasteiger partial charge in [0.2, 0.25) is 0 Å². The van der Waals surface area contributed by atoms with Crippen molar-refractivity contribution in [2.75, 3.05) is 0 Å². The van der Waals surface area contributed by atoms with Crippen LogP contribution in [-0.4, -0.2) is 33.8 Å². The highest BCUT2D eigenvalue weighted by Crippen LogP contribution is 2.08. The third-order valence-corrected chi connectivity index (χ3v) is 3.11. The van der Waals surface area contributed by atoms with Crippen molar-refractivity contribution >= 4 is 33.8 Å². The second kappa shape index (κ2) is 7.73. The second-order valence-electron chi connectivity index (χ2n) is 6.95. The SMILES string of the molecule is CC(=O)CC(CC(C)=NO[Si](C)(C)C)=NO[Si](C)(C)C. The molecule has 0 atom stereocenters. The normalized spacial score (nSPS) is 14.2. The maximum absolute atomic E-state index is 11.3. The van der Waals surface area contributed by atoms with Gasteiger partial charge in [0.05, 0.1) is 11.4 Å². The molecule has 20 heavy (non-hydrogen) atoms. The third-order valence-electron chi connectivity index (χ3n) is 1.84. The van der Waals surface area contributed by atoms with Crippen LogP contribution < -0.4 is 0 Å². The van der Waals surface area contributed by atoms with Gasteiger partial charge in [-0.05, 0) is 53.1 Å². The van der Waals surface area contributed by atoms with E-state index in [1.54, 1.807) is 6.92 Å². The fourth-order valence-electron chi connectivity index (χ4n) is 1.16. The van der Waals surface area contributed by atoms with E-state index in [1.807, 2.05) is 6.92 Å². The van der Waals surface area contributed by atoms with Crippen molar-refractivity contribution in [1.82, 2.24) is 0 Å². The first kappa shape index (κ1) is 19.0. The number of hydrogen-bond donors (Lipinski definition) is 0. The highest BCUT2D eigenvalue weighted by atomic mass is 28.4. The summed E-state index contributed by atoms with van der Waals surface area (Å²) in [5, 5.41) is 8.28. The second-order valence-corrected chi connectivity index (χ2v) is 15.8. The van der Waals surface area contributed by atoms with Crippen LogP contribution in [0, 0.1) is 0 Å². The fourth-order valence-corrected chi connectivity index (χ4v) is 1.99. The fraction of sp³-hybridized carbons (Fsp3) is 0.769. The molecule has 0 aliphatic carbocycles. The zero-order valence-corrected chi connectivity index (χ0v) is 16.0. The Bertz CT molecular complexity index is 393. The number of Topliss-reactive ketones (excluding diaryl/α,β-unsaturated/α-hetero) is 1. The molecular formula is C13H28N2O3Si2. The van der Waals surface area contributed by atoms with E-state index in [0.29, 0.717) is 18.6 Å². The van der Waals surface area contributed by atoms with Gasteiger partial charge in [-0.2, -0.15) is 0 Å². The molecule has 0 spiro atoms. The quantitative estimate of drug-likeness (QED) is 0.389. The first-order valence-corrected chi connectivity index (χ1v) is 13.7. The highest BCUT2D eigenvalue weighted by Gasteiger charge is 2.18. The van der Waals surface area contributed by atoms with Crippen LogP contribution >= 0.6 is 0 Å². The van der Waals surface area contributed by atoms with E-state index in [2.05, 4.69) is 49.6 Å². The molecule has 0 fully saturated rings. The minimum Gasteiger partial charge on any atom is -0.456 e. The van der Waals surface area contributed by atoms with Crippen LogP contribution in [0.3, 0.4) is 0 Å². The Balaban J connectivity index is 4.77. The minimum absolute atomic E-state index is 0.0711. The predicted octanol–water partition coefficient (Wildman–Crippen LogP) is 3.79. The van der Waals surface area contributed by atoms with Crippen molar-refractivity contribution in [3.8, 4) is 0 Å². The van der Waals surface area contributed by atoms with Crippen molar-refractivity contribution < 1.29 is 13.8 Å². The van der Waals surface area contributed by atoms with Crippen LogP contribution in [0.5, 0.6) is 0 Å². The molecule has 0 aromatic carbocycles. The first-order chi connectivity index (χ1) is 8.89. The monoisotopic (exact) mass is 316 g/mol. The Labute approximate surface area is 124 Å². The molecule has 5 nitrogen and oxygen atoms in total. The lowest BCUT2D eigenvalue weighted by atomic mass is 10.1. The topological polar surface area (TPSA) is 60.2 Å². The first-order valence-electron chi connectivity index (χ1n) is 6.84. The number of nitrogens with zero attached hydrogens (tertiary/aromatic N) is 2. The summed E-state index contributed by atoms with van der Waals surface area (Å²) in [6.45, 7) is 15.8. The molecule has 0 aliphatic rings. The molecule has 0 radical (unpaired) electrons. The molecule has 0 aliphatic heterocycles.